The minimum absolute atomic E-state index is 0.0918. The van der Waals surface area contributed by atoms with Crippen molar-refractivity contribution < 1.29 is 9.90 Å². The second-order valence-corrected chi connectivity index (χ2v) is 8.25. The second kappa shape index (κ2) is 7.58. The molecule has 2 aromatic carbocycles. The van der Waals surface area contributed by atoms with Crippen LogP contribution in [0.15, 0.2) is 53.3 Å². The molecule has 2 aromatic rings. The second-order valence-electron chi connectivity index (χ2n) is 7.38. The highest BCUT2D eigenvalue weighted by Gasteiger charge is 2.57. The smallest absolute Gasteiger partial charge is 0.258 e. The Morgan fingerprint density at radius 2 is 1.93 bits per heavy atom. The van der Waals surface area contributed by atoms with E-state index in [-0.39, 0.29) is 30.2 Å². The quantitative estimate of drug-likeness (QED) is 0.408. The number of aliphatic hydroxyl groups is 1. The summed E-state index contributed by atoms with van der Waals surface area (Å²) in [5, 5.41) is 24.8. The Labute approximate surface area is 182 Å². The number of halogens is 2. The summed E-state index contributed by atoms with van der Waals surface area (Å²) in [5.41, 5.74) is 9.75. The molecule has 0 aliphatic carbocycles. The molecule has 150 valence electrons. The third-order valence-corrected chi connectivity index (χ3v) is 6.00. The predicted octanol–water partition coefficient (Wildman–Crippen LogP) is 5.04. The van der Waals surface area contributed by atoms with E-state index in [2.05, 4.69) is 16.1 Å². The lowest BCUT2D eigenvalue weighted by Crippen LogP contribution is -2.45. The lowest BCUT2D eigenvalue weighted by molar-refractivity contribution is -0.126. The third-order valence-electron chi connectivity index (χ3n) is 5.57. The average molecular weight is 440 g/mol. The topological polar surface area (TPSA) is 113 Å². The van der Waals surface area contributed by atoms with Crippen molar-refractivity contribution in [2.45, 2.75) is 24.4 Å². The summed E-state index contributed by atoms with van der Waals surface area (Å²) in [5.74, 6) is -0.457. The SMILES string of the molecule is N#Cc1ccc(CC23CC(N=[N+]=[N-])CN2C(=O)C(c2cc(Cl)cc(Cl)c2)=C3O)cc1. The molecule has 30 heavy (non-hydrogen) atoms. The van der Waals surface area contributed by atoms with Gasteiger partial charge in [-0.25, -0.2) is 0 Å². The van der Waals surface area contributed by atoms with E-state index < -0.39 is 11.6 Å². The summed E-state index contributed by atoms with van der Waals surface area (Å²) in [6.07, 6.45) is 0.595. The molecule has 2 aliphatic rings. The van der Waals surface area contributed by atoms with Crippen molar-refractivity contribution in [2.75, 3.05) is 6.54 Å². The molecular formula is C21H15Cl2N5O2. The Bertz CT molecular complexity index is 1140. The van der Waals surface area contributed by atoms with Crippen LogP contribution >= 0.6 is 23.2 Å². The van der Waals surface area contributed by atoms with Gasteiger partial charge >= 0.3 is 0 Å². The fourth-order valence-electron chi connectivity index (χ4n) is 4.32. The van der Waals surface area contributed by atoms with Crippen molar-refractivity contribution in [2.24, 2.45) is 5.11 Å². The van der Waals surface area contributed by atoms with Gasteiger partial charge < -0.3 is 10.0 Å². The van der Waals surface area contributed by atoms with Gasteiger partial charge in [0.1, 0.15) is 11.3 Å². The van der Waals surface area contributed by atoms with Gasteiger partial charge in [0.2, 0.25) is 0 Å². The Balaban J connectivity index is 1.83. The molecule has 1 amide bonds. The van der Waals surface area contributed by atoms with E-state index in [1.165, 1.54) is 0 Å². The summed E-state index contributed by atoms with van der Waals surface area (Å²) < 4.78 is 0. The average Bonchev–Trinajstić information content (AvgIpc) is 3.15. The minimum atomic E-state index is -1.05. The molecule has 2 unspecified atom stereocenters. The van der Waals surface area contributed by atoms with Gasteiger partial charge in [-0.1, -0.05) is 40.4 Å². The number of nitrogens with zero attached hydrogens (tertiary/aromatic N) is 5. The Morgan fingerprint density at radius 3 is 2.53 bits per heavy atom. The third kappa shape index (κ3) is 3.25. The van der Waals surface area contributed by atoms with Crippen LogP contribution in [-0.4, -0.2) is 34.0 Å². The standard InChI is InChI=1S/C21H15Cl2N5O2/c22-15-5-14(6-16(23)7-15)18-19(29)21(8-12-1-3-13(10-24)4-2-12)9-17(26-27-25)11-28(21)20(18)30/h1-7,17,29H,8-9,11H2. The molecular weight excluding hydrogens is 425 g/mol. The van der Waals surface area contributed by atoms with Gasteiger partial charge in [-0.2, -0.15) is 5.26 Å². The summed E-state index contributed by atoms with van der Waals surface area (Å²) in [7, 11) is 0. The molecule has 1 fully saturated rings. The largest absolute Gasteiger partial charge is 0.509 e. The maximum Gasteiger partial charge on any atom is 0.258 e. The highest BCUT2D eigenvalue weighted by Crippen LogP contribution is 2.48. The van der Waals surface area contributed by atoms with Gasteiger partial charge in [-0.15, -0.1) is 0 Å². The molecule has 2 aliphatic heterocycles. The van der Waals surface area contributed by atoms with Gasteiger partial charge in [-0.3, -0.25) is 4.79 Å². The minimum Gasteiger partial charge on any atom is -0.509 e. The number of nitriles is 1. The summed E-state index contributed by atoms with van der Waals surface area (Å²) >= 11 is 12.2. The van der Waals surface area contributed by atoms with Crippen LogP contribution in [0.25, 0.3) is 16.0 Å². The lowest BCUT2D eigenvalue weighted by atomic mass is 9.85. The van der Waals surface area contributed by atoms with E-state index in [0.29, 0.717) is 27.6 Å². The van der Waals surface area contributed by atoms with Gasteiger partial charge in [0.25, 0.3) is 5.91 Å². The van der Waals surface area contributed by atoms with Crippen molar-refractivity contribution in [3.63, 3.8) is 0 Å². The van der Waals surface area contributed by atoms with Crippen LogP contribution in [0.5, 0.6) is 0 Å². The lowest BCUT2D eigenvalue weighted by Gasteiger charge is -2.32. The molecule has 2 atom stereocenters. The molecule has 7 nitrogen and oxygen atoms in total. The maximum atomic E-state index is 13.3. The number of amides is 1. The van der Waals surface area contributed by atoms with Gasteiger partial charge in [0.15, 0.2) is 0 Å². The molecule has 0 spiro atoms. The van der Waals surface area contributed by atoms with Crippen LogP contribution in [-0.2, 0) is 11.2 Å². The number of azide groups is 1. The van der Waals surface area contributed by atoms with Crippen LogP contribution in [0.1, 0.15) is 23.1 Å². The van der Waals surface area contributed by atoms with E-state index in [1.54, 1.807) is 47.4 Å². The molecule has 0 bridgehead atoms. The normalized spacial score (nSPS) is 22.6. The zero-order valence-corrected chi connectivity index (χ0v) is 17.1. The van der Waals surface area contributed by atoms with Crippen LogP contribution in [0.3, 0.4) is 0 Å². The molecule has 9 heteroatoms. The van der Waals surface area contributed by atoms with Crippen molar-refractivity contribution in [1.29, 1.82) is 5.26 Å². The van der Waals surface area contributed by atoms with Crippen LogP contribution in [0.4, 0.5) is 0 Å². The fourth-order valence-corrected chi connectivity index (χ4v) is 4.84. The van der Waals surface area contributed by atoms with Gasteiger partial charge in [-0.05, 0) is 53.4 Å². The summed E-state index contributed by atoms with van der Waals surface area (Å²) in [6.45, 7) is 0.195. The van der Waals surface area contributed by atoms with Gasteiger partial charge in [0, 0.05) is 27.9 Å². The van der Waals surface area contributed by atoms with E-state index in [4.69, 9.17) is 34.0 Å². The highest BCUT2D eigenvalue weighted by molar-refractivity contribution is 6.35. The van der Waals surface area contributed by atoms with Crippen LogP contribution in [0.2, 0.25) is 10.0 Å². The number of benzene rings is 2. The zero-order chi connectivity index (χ0) is 21.5. The van der Waals surface area contributed by atoms with E-state index >= 15 is 0 Å². The zero-order valence-electron chi connectivity index (χ0n) is 15.6. The molecule has 2 heterocycles. The number of hydrogen-bond donors (Lipinski definition) is 1. The molecule has 0 saturated carbocycles. The Hall–Kier alpha value is -3.17. The van der Waals surface area contributed by atoms with Crippen LogP contribution in [0, 0.1) is 11.3 Å². The fraction of sp³-hybridized carbons (Fsp3) is 0.238. The number of carbonyl (C=O) groups is 1. The molecule has 1 saturated heterocycles. The molecule has 4 rings (SSSR count). The monoisotopic (exact) mass is 439 g/mol. The highest BCUT2D eigenvalue weighted by atomic mass is 35.5. The first-order valence-corrected chi connectivity index (χ1v) is 9.89. The first kappa shape index (κ1) is 20.1. The first-order valence-electron chi connectivity index (χ1n) is 9.13. The molecule has 1 N–H and O–H groups in total. The summed E-state index contributed by atoms with van der Waals surface area (Å²) in [4.78, 5) is 17.7. The Morgan fingerprint density at radius 1 is 1.27 bits per heavy atom. The van der Waals surface area contributed by atoms with Crippen molar-refractivity contribution in [3.8, 4) is 6.07 Å². The van der Waals surface area contributed by atoms with E-state index in [1.807, 2.05) is 0 Å². The number of rotatable bonds is 4. The van der Waals surface area contributed by atoms with E-state index in [9.17, 15) is 9.90 Å². The number of fused-ring (bicyclic) bond motifs is 1. The first-order chi connectivity index (χ1) is 14.4. The van der Waals surface area contributed by atoms with E-state index in [0.717, 1.165) is 5.56 Å². The van der Waals surface area contributed by atoms with Crippen LogP contribution < -0.4 is 0 Å². The number of aliphatic hydroxyl groups excluding tert-OH is 1. The number of hydrogen-bond acceptors (Lipinski definition) is 4. The summed E-state index contributed by atoms with van der Waals surface area (Å²) in [6, 6.07) is 13.3. The Kier molecular flexibility index (Phi) is 5.08. The van der Waals surface area contributed by atoms with Crippen molar-refractivity contribution in [3.05, 3.63) is 85.4 Å². The van der Waals surface area contributed by atoms with Gasteiger partial charge in [0.05, 0.1) is 23.2 Å². The van der Waals surface area contributed by atoms with Crippen molar-refractivity contribution >= 4 is 34.7 Å². The van der Waals surface area contributed by atoms with Crippen molar-refractivity contribution in [1.82, 2.24) is 4.90 Å². The molecule has 0 aromatic heterocycles. The maximum absolute atomic E-state index is 13.3. The molecule has 0 radical (unpaired) electrons. The predicted molar refractivity (Wildman–Crippen MR) is 113 cm³/mol. The number of carbonyl (C=O) groups excluding carboxylic acids is 1.